The molecule has 3 rings (SSSR count). The van der Waals surface area contributed by atoms with Crippen molar-refractivity contribution in [2.24, 2.45) is 0 Å². The fraction of sp³-hybridized carbons (Fsp3) is 0.300. The van der Waals surface area contributed by atoms with Crippen molar-refractivity contribution in [1.29, 1.82) is 0 Å². The van der Waals surface area contributed by atoms with Crippen LogP contribution in [0.4, 0.5) is 5.69 Å². The molecule has 2 aromatic rings. The van der Waals surface area contributed by atoms with E-state index in [-0.39, 0.29) is 36.7 Å². The predicted octanol–water partition coefficient (Wildman–Crippen LogP) is 3.55. The summed E-state index contributed by atoms with van der Waals surface area (Å²) < 4.78 is 0. The molecule has 2 aromatic carbocycles. The number of para-hydroxylation sites is 1. The zero-order valence-electron chi connectivity index (χ0n) is 15.1. The van der Waals surface area contributed by atoms with Crippen LogP contribution in [-0.4, -0.2) is 42.8 Å². The number of halogens is 2. The molecule has 1 heterocycles. The average Bonchev–Trinajstić information content (AvgIpc) is 2.63. The number of hydrogen-bond donors (Lipinski definition) is 2. The lowest BCUT2D eigenvalue weighted by molar-refractivity contribution is -0.118. The van der Waals surface area contributed by atoms with Gasteiger partial charge < -0.3 is 10.6 Å². The summed E-state index contributed by atoms with van der Waals surface area (Å²) in [6.45, 7) is 4.04. The van der Waals surface area contributed by atoms with Crippen molar-refractivity contribution in [3.63, 3.8) is 0 Å². The molecule has 7 heteroatoms. The van der Waals surface area contributed by atoms with Crippen molar-refractivity contribution in [2.75, 3.05) is 31.5 Å². The van der Waals surface area contributed by atoms with Gasteiger partial charge in [-0.15, -0.1) is 12.4 Å². The Kier molecular flexibility index (Phi) is 7.80. The standard InChI is InChI=1S/C20H22ClN3O2.ClH/c1-14(25)15-6-3-5-9-18(15)23-20(26)13-24-11-10-22-12-19(24)16-7-2-4-8-17(16)21;/h2-9,19,22H,10-13H2,1H3,(H,23,26);1H. The molecule has 0 spiro atoms. The minimum Gasteiger partial charge on any atom is -0.324 e. The average molecular weight is 408 g/mol. The monoisotopic (exact) mass is 407 g/mol. The lowest BCUT2D eigenvalue weighted by Crippen LogP contribution is -2.48. The van der Waals surface area contributed by atoms with Gasteiger partial charge >= 0.3 is 0 Å². The third-order valence-electron chi connectivity index (χ3n) is 4.55. The quantitative estimate of drug-likeness (QED) is 0.743. The zero-order chi connectivity index (χ0) is 18.5. The van der Waals surface area contributed by atoms with Crippen molar-refractivity contribution >= 4 is 41.4 Å². The Morgan fingerprint density at radius 1 is 1.19 bits per heavy atom. The van der Waals surface area contributed by atoms with Gasteiger partial charge in [-0.1, -0.05) is 41.9 Å². The van der Waals surface area contributed by atoms with Gasteiger partial charge in [-0.3, -0.25) is 14.5 Å². The molecule has 1 saturated heterocycles. The van der Waals surface area contributed by atoms with Crippen molar-refractivity contribution in [3.8, 4) is 0 Å². The fourth-order valence-electron chi connectivity index (χ4n) is 3.26. The number of Topliss-reactive ketones (excluding diaryl/α,β-unsaturated/α-hetero) is 1. The first-order chi connectivity index (χ1) is 12.6. The van der Waals surface area contributed by atoms with Gasteiger partial charge in [0.15, 0.2) is 5.78 Å². The lowest BCUT2D eigenvalue weighted by Gasteiger charge is -2.36. The first kappa shape index (κ1) is 21.4. The minimum atomic E-state index is -0.141. The van der Waals surface area contributed by atoms with Gasteiger partial charge in [0.25, 0.3) is 0 Å². The number of anilines is 1. The molecule has 1 aliphatic rings. The van der Waals surface area contributed by atoms with E-state index in [1.54, 1.807) is 24.3 Å². The fourth-order valence-corrected chi connectivity index (χ4v) is 3.52. The molecule has 0 bridgehead atoms. The van der Waals surface area contributed by atoms with E-state index in [0.29, 0.717) is 16.3 Å². The van der Waals surface area contributed by atoms with Crippen molar-refractivity contribution in [2.45, 2.75) is 13.0 Å². The van der Waals surface area contributed by atoms with Gasteiger partial charge in [0.2, 0.25) is 5.91 Å². The van der Waals surface area contributed by atoms with Gasteiger partial charge in [0, 0.05) is 36.3 Å². The van der Waals surface area contributed by atoms with Crippen molar-refractivity contribution < 1.29 is 9.59 Å². The van der Waals surface area contributed by atoms with Crippen LogP contribution in [0, 0.1) is 0 Å². The van der Waals surface area contributed by atoms with E-state index in [9.17, 15) is 9.59 Å². The number of amides is 1. The molecular formula is C20H23Cl2N3O2. The van der Waals surface area contributed by atoms with Gasteiger partial charge in [0.1, 0.15) is 0 Å². The van der Waals surface area contributed by atoms with E-state index in [2.05, 4.69) is 15.5 Å². The molecule has 2 N–H and O–H groups in total. The maximum Gasteiger partial charge on any atom is 0.238 e. The number of ketones is 1. The Balaban J connectivity index is 0.00000261. The molecule has 1 aliphatic heterocycles. The number of nitrogens with zero attached hydrogens (tertiary/aromatic N) is 1. The third-order valence-corrected chi connectivity index (χ3v) is 4.89. The second kappa shape index (κ2) is 9.85. The smallest absolute Gasteiger partial charge is 0.238 e. The highest BCUT2D eigenvalue weighted by molar-refractivity contribution is 6.31. The molecule has 0 aromatic heterocycles. The normalized spacial score (nSPS) is 17.0. The Labute approximate surface area is 170 Å². The summed E-state index contributed by atoms with van der Waals surface area (Å²) in [5.74, 6) is -0.213. The van der Waals surface area contributed by atoms with Crippen LogP contribution in [-0.2, 0) is 4.79 Å². The van der Waals surface area contributed by atoms with E-state index in [1.807, 2.05) is 24.3 Å². The molecule has 0 saturated carbocycles. The minimum absolute atomic E-state index is 0. The van der Waals surface area contributed by atoms with Crippen molar-refractivity contribution in [1.82, 2.24) is 10.2 Å². The van der Waals surface area contributed by atoms with Gasteiger partial charge in [-0.2, -0.15) is 0 Å². The first-order valence-corrected chi connectivity index (χ1v) is 9.03. The summed E-state index contributed by atoms with van der Waals surface area (Å²) in [6, 6.07) is 14.8. The lowest BCUT2D eigenvalue weighted by atomic mass is 10.0. The Morgan fingerprint density at radius 2 is 1.89 bits per heavy atom. The van der Waals surface area contributed by atoms with E-state index in [4.69, 9.17) is 11.6 Å². The highest BCUT2D eigenvalue weighted by Gasteiger charge is 2.27. The number of piperazine rings is 1. The molecular weight excluding hydrogens is 385 g/mol. The molecule has 0 aliphatic carbocycles. The highest BCUT2D eigenvalue weighted by atomic mass is 35.5. The summed E-state index contributed by atoms with van der Waals surface area (Å²) in [5.41, 5.74) is 2.08. The molecule has 1 unspecified atom stereocenters. The number of benzene rings is 2. The van der Waals surface area contributed by atoms with E-state index in [1.165, 1.54) is 6.92 Å². The van der Waals surface area contributed by atoms with Gasteiger partial charge in [-0.25, -0.2) is 0 Å². The molecule has 0 radical (unpaired) electrons. The van der Waals surface area contributed by atoms with Crippen LogP contribution in [0.1, 0.15) is 28.9 Å². The van der Waals surface area contributed by atoms with E-state index < -0.39 is 0 Å². The Morgan fingerprint density at radius 3 is 2.63 bits per heavy atom. The number of nitrogens with one attached hydrogen (secondary N) is 2. The highest BCUT2D eigenvalue weighted by Crippen LogP contribution is 2.28. The molecule has 5 nitrogen and oxygen atoms in total. The van der Waals surface area contributed by atoms with Crippen molar-refractivity contribution in [3.05, 3.63) is 64.7 Å². The third kappa shape index (κ3) is 5.30. The van der Waals surface area contributed by atoms with Gasteiger partial charge in [-0.05, 0) is 30.7 Å². The molecule has 1 atom stereocenters. The topological polar surface area (TPSA) is 61.4 Å². The number of carbonyl (C=O) groups excluding carboxylic acids is 2. The summed E-state index contributed by atoms with van der Waals surface area (Å²) in [6.07, 6.45) is 0. The second-order valence-electron chi connectivity index (χ2n) is 6.36. The summed E-state index contributed by atoms with van der Waals surface area (Å²) >= 11 is 6.35. The van der Waals surface area contributed by atoms with E-state index >= 15 is 0 Å². The molecule has 1 fully saturated rings. The summed E-state index contributed by atoms with van der Waals surface area (Å²) in [4.78, 5) is 26.4. The number of carbonyl (C=O) groups is 2. The maximum atomic E-state index is 12.6. The SMILES string of the molecule is CC(=O)c1ccccc1NC(=O)CN1CCNCC1c1ccccc1Cl.Cl. The largest absolute Gasteiger partial charge is 0.324 e. The van der Waals surface area contributed by atoms with Crippen LogP contribution >= 0.6 is 24.0 Å². The number of hydrogen-bond acceptors (Lipinski definition) is 4. The second-order valence-corrected chi connectivity index (χ2v) is 6.77. The molecule has 1 amide bonds. The first-order valence-electron chi connectivity index (χ1n) is 8.65. The summed E-state index contributed by atoms with van der Waals surface area (Å²) in [5, 5.41) is 6.93. The van der Waals surface area contributed by atoms with Gasteiger partial charge in [0.05, 0.1) is 12.2 Å². The molecule has 27 heavy (non-hydrogen) atoms. The molecule has 144 valence electrons. The van der Waals surface area contributed by atoms with Crippen LogP contribution in [0.15, 0.2) is 48.5 Å². The van der Waals surface area contributed by atoms with Crippen LogP contribution in [0.2, 0.25) is 5.02 Å². The Hall–Kier alpha value is -1.92. The summed E-state index contributed by atoms with van der Waals surface area (Å²) in [7, 11) is 0. The Bertz CT molecular complexity index is 813. The predicted molar refractivity (Wildman–Crippen MR) is 111 cm³/mol. The maximum absolute atomic E-state index is 12.6. The van der Waals surface area contributed by atoms with Crippen LogP contribution < -0.4 is 10.6 Å². The van der Waals surface area contributed by atoms with E-state index in [0.717, 1.165) is 25.2 Å². The number of rotatable bonds is 5. The van der Waals surface area contributed by atoms with Crippen LogP contribution in [0.3, 0.4) is 0 Å². The zero-order valence-corrected chi connectivity index (χ0v) is 16.6. The van der Waals surface area contributed by atoms with Crippen LogP contribution in [0.5, 0.6) is 0 Å². The van der Waals surface area contributed by atoms with Crippen LogP contribution in [0.25, 0.3) is 0 Å².